The number of nitrogens with zero attached hydrogens (tertiary/aromatic N) is 2. The fraction of sp³-hybridized carbons (Fsp3) is 0.273. The van der Waals surface area contributed by atoms with Crippen LogP contribution in [0.25, 0.3) is 0 Å². The zero-order valence-corrected chi connectivity index (χ0v) is 9.02. The summed E-state index contributed by atoms with van der Waals surface area (Å²) in [5, 5.41) is 17.0. The molecule has 1 rings (SSSR count). The monoisotopic (exact) mass is 278 g/mol. The van der Waals surface area contributed by atoms with Crippen LogP contribution in [0.1, 0.15) is 22.3 Å². The minimum Gasteiger partial charge on any atom is -0.198 e. The summed E-state index contributed by atoms with van der Waals surface area (Å²) in [7, 11) is 0. The molecule has 0 fully saturated rings. The molecule has 1 aromatic rings. The lowest BCUT2D eigenvalue weighted by molar-refractivity contribution is -0.144. The lowest BCUT2D eigenvalue weighted by atomic mass is 9.93. The van der Waals surface area contributed by atoms with Gasteiger partial charge in [0.25, 0.3) is 0 Å². The van der Waals surface area contributed by atoms with E-state index >= 15 is 0 Å². The average Bonchev–Trinajstić information content (AvgIpc) is 2.25. The van der Waals surface area contributed by atoms with Crippen LogP contribution < -0.4 is 0 Å². The minimum absolute atomic E-state index is 0.375. The van der Waals surface area contributed by atoms with Gasteiger partial charge in [-0.25, -0.2) is 0 Å². The van der Waals surface area contributed by atoms with Crippen molar-refractivity contribution in [2.24, 2.45) is 0 Å². The van der Waals surface area contributed by atoms with Crippen molar-refractivity contribution in [3.63, 3.8) is 0 Å². The van der Waals surface area contributed by atoms with Gasteiger partial charge in [0.1, 0.15) is 0 Å². The maximum absolute atomic E-state index is 12.8. The van der Waals surface area contributed by atoms with Gasteiger partial charge in [-0.05, 0) is 17.7 Å². The van der Waals surface area contributed by atoms with Gasteiger partial charge in [0, 0.05) is 0 Å². The second kappa shape index (κ2) is 4.81. The van der Waals surface area contributed by atoms with Gasteiger partial charge in [0.05, 0.1) is 35.2 Å². The van der Waals surface area contributed by atoms with E-state index in [2.05, 4.69) is 0 Å². The second-order valence-corrected chi connectivity index (χ2v) is 3.46. The molecule has 0 amide bonds. The first kappa shape index (κ1) is 14.8. The van der Waals surface area contributed by atoms with E-state index in [1.54, 1.807) is 0 Å². The molecule has 0 aliphatic rings. The highest BCUT2D eigenvalue weighted by Gasteiger charge is 2.42. The zero-order chi connectivity index (χ0) is 14.8. The van der Waals surface area contributed by atoms with Gasteiger partial charge in [-0.1, -0.05) is 0 Å². The predicted octanol–water partition coefficient (Wildman–Crippen LogP) is 3.66. The van der Waals surface area contributed by atoms with E-state index in [1.165, 1.54) is 12.1 Å². The summed E-state index contributed by atoms with van der Waals surface area (Å²) < 4.78 is 76.1. The van der Waals surface area contributed by atoms with E-state index < -0.39 is 41.0 Å². The predicted molar refractivity (Wildman–Crippen MR) is 50.5 cm³/mol. The largest absolute Gasteiger partial charge is 0.418 e. The third-order valence-electron chi connectivity index (χ3n) is 2.28. The van der Waals surface area contributed by atoms with E-state index in [4.69, 9.17) is 10.5 Å². The summed E-state index contributed by atoms with van der Waals surface area (Å²) in [6.07, 6.45) is -11.3. The summed E-state index contributed by atoms with van der Waals surface area (Å²) in [5.41, 5.74) is -5.42. The van der Waals surface area contributed by atoms with Crippen LogP contribution in [0.5, 0.6) is 0 Å². The molecule has 2 nitrogen and oxygen atoms in total. The SMILES string of the molecule is N#CCc1c(C(F)(F)F)ccc(C#N)c1C(F)(F)F. The number of nitriles is 2. The van der Waals surface area contributed by atoms with Crippen molar-refractivity contribution in [2.75, 3.05) is 0 Å². The standard InChI is InChI=1S/C11H4F6N2/c12-10(13,14)8-2-1-6(5-19)9(11(15,16)17)7(8)3-4-18/h1-2H,3H2. The lowest BCUT2D eigenvalue weighted by Crippen LogP contribution is -2.18. The quantitative estimate of drug-likeness (QED) is 0.736. The van der Waals surface area contributed by atoms with Crippen molar-refractivity contribution in [3.8, 4) is 12.1 Å². The number of halogens is 6. The second-order valence-electron chi connectivity index (χ2n) is 3.46. The van der Waals surface area contributed by atoms with Gasteiger partial charge in [-0.15, -0.1) is 0 Å². The molecule has 0 saturated carbocycles. The molecule has 0 atom stereocenters. The van der Waals surface area contributed by atoms with Gasteiger partial charge in [0.15, 0.2) is 0 Å². The molecule has 8 heteroatoms. The highest BCUT2D eigenvalue weighted by atomic mass is 19.4. The molecule has 0 unspecified atom stereocenters. The molecule has 19 heavy (non-hydrogen) atoms. The van der Waals surface area contributed by atoms with Gasteiger partial charge in [0.2, 0.25) is 0 Å². The van der Waals surface area contributed by atoms with Gasteiger partial charge < -0.3 is 0 Å². The Balaban J connectivity index is 3.76. The van der Waals surface area contributed by atoms with E-state index in [0.29, 0.717) is 12.1 Å². The highest BCUT2D eigenvalue weighted by Crippen LogP contribution is 2.41. The Morgan fingerprint density at radius 3 is 1.89 bits per heavy atom. The fourth-order valence-corrected chi connectivity index (χ4v) is 1.59. The first-order chi connectivity index (χ1) is 8.62. The van der Waals surface area contributed by atoms with Crippen LogP contribution in [0.2, 0.25) is 0 Å². The molecular formula is C11H4F6N2. The van der Waals surface area contributed by atoms with Crippen molar-refractivity contribution in [1.82, 2.24) is 0 Å². The first-order valence-electron chi connectivity index (χ1n) is 4.70. The lowest BCUT2D eigenvalue weighted by Gasteiger charge is -2.18. The van der Waals surface area contributed by atoms with Crippen LogP contribution in [0.3, 0.4) is 0 Å². The normalized spacial score (nSPS) is 11.8. The molecule has 0 radical (unpaired) electrons. The summed E-state index contributed by atoms with van der Waals surface area (Å²) in [5.74, 6) is 0. The number of alkyl halides is 6. The smallest absolute Gasteiger partial charge is 0.198 e. The van der Waals surface area contributed by atoms with Crippen LogP contribution in [-0.4, -0.2) is 0 Å². The Labute approximate surface area is 103 Å². The van der Waals surface area contributed by atoms with Crippen LogP contribution in [-0.2, 0) is 18.8 Å². The molecule has 0 aromatic heterocycles. The van der Waals surface area contributed by atoms with Crippen molar-refractivity contribution in [1.29, 1.82) is 10.5 Å². The maximum Gasteiger partial charge on any atom is 0.418 e. The number of hydrogen-bond acceptors (Lipinski definition) is 2. The van der Waals surface area contributed by atoms with Crippen molar-refractivity contribution >= 4 is 0 Å². The Morgan fingerprint density at radius 2 is 1.53 bits per heavy atom. The van der Waals surface area contributed by atoms with Crippen LogP contribution in [0.15, 0.2) is 12.1 Å². The fourth-order valence-electron chi connectivity index (χ4n) is 1.59. The number of benzene rings is 1. The summed E-state index contributed by atoms with van der Waals surface area (Å²) >= 11 is 0. The van der Waals surface area contributed by atoms with E-state index in [9.17, 15) is 26.3 Å². The minimum atomic E-state index is -5.14. The molecule has 100 valence electrons. The van der Waals surface area contributed by atoms with Gasteiger partial charge >= 0.3 is 12.4 Å². The Bertz CT molecular complexity index is 571. The number of hydrogen-bond donors (Lipinski definition) is 0. The highest BCUT2D eigenvalue weighted by molar-refractivity contribution is 5.50. The summed E-state index contributed by atoms with van der Waals surface area (Å²) in [4.78, 5) is 0. The molecule has 0 spiro atoms. The Hall–Kier alpha value is -2.22. The molecule has 0 heterocycles. The van der Waals surface area contributed by atoms with Gasteiger partial charge in [-0.3, -0.25) is 0 Å². The molecule has 0 bridgehead atoms. The van der Waals surface area contributed by atoms with Crippen molar-refractivity contribution in [2.45, 2.75) is 18.8 Å². The molecule has 0 saturated heterocycles. The van der Waals surface area contributed by atoms with E-state index in [0.717, 1.165) is 0 Å². The Morgan fingerprint density at radius 1 is 0.947 bits per heavy atom. The van der Waals surface area contributed by atoms with Crippen molar-refractivity contribution < 1.29 is 26.3 Å². The van der Waals surface area contributed by atoms with Crippen LogP contribution in [0.4, 0.5) is 26.3 Å². The number of rotatable bonds is 1. The average molecular weight is 278 g/mol. The summed E-state index contributed by atoms with van der Waals surface area (Å²) in [6.45, 7) is 0. The van der Waals surface area contributed by atoms with Gasteiger partial charge in [-0.2, -0.15) is 36.9 Å². The van der Waals surface area contributed by atoms with Crippen molar-refractivity contribution in [3.05, 3.63) is 34.4 Å². The molecular weight excluding hydrogens is 274 g/mol. The molecule has 0 N–H and O–H groups in total. The van der Waals surface area contributed by atoms with Crippen LogP contribution >= 0.6 is 0 Å². The van der Waals surface area contributed by atoms with E-state index in [-0.39, 0.29) is 0 Å². The summed E-state index contributed by atoms with van der Waals surface area (Å²) in [6, 6.07) is 3.26. The third kappa shape index (κ3) is 2.97. The molecule has 0 aliphatic carbocycles. The third-order valence-corrected chi connectivity index (χ3v) is 2.28. The van der Waals surface area contributed by atoms with E-state index in [1.807, 2.05) is 0 Å². The maximum atomic E-state index is 12.8. The Kier molecular flexibility index (Phi) is 3.75. The topological polar surface area (TPSA) is 47.6 Å². The van der Waals surface area contributed by atoms with Crippen LogP contribution in [0, 0.1) is 22.7 Å². The zero-order valence-electron chi connectivity index (χ0n) is 9.02. The molecule has 1 aromatic carbocycles. The first-order valence-corrected chi connectivity index (χ1v) is 4.70. The molecule has 0 aliphatic heterocycles.